The molecule has 2 rings (SSSR count). The van der Waals surface area contributed by atoms with Crippen molar-refractivity contribution in [1.29, 1.82) is 0 Å². The fraction of sp³-hybridized carbons (Fsp3) is 0.538. The number of ether oxygens (including phenoxy) is 1. The van der Waals surface area contributed by atoms with Crippen LogP contribution in [-0.4, -0.2) is 18.8 Å². The molecule has 0 bridgehead atoms. The van der Waals surface area contributed by atoms with E-state index < -0.39 is 0 Å². The molecule has 0 heterocycles. The average molecular weight is 206 g/mol. The van der Waals surface area contributed by atoms with Crippen molar-refractivity contribution >= 4 is 0 Å². The number of hydrogen-bond donors (Lipinski definition) is 1. The van der Waals surface area contributed by atoms with Crippen LogP contribution >= 0.6 is 0 Å². The number of benzene rings is 1. The molecule has 0 fully saturated rings. The van der Waals surface area contributed by atoms with Gasteiger partial charge in [0.1, 0.15) is 5.75 Å². The van der Waals surface area contributed by atoms with E-state index in [9.17, 15) is 5.11 Å². The van der Waals surface area contributed by atoms with Gasteiger partial charge in [-0.3, -0.25) is 0 Å². The summed E-state index contributed by atoms with van der Waals surface area (Å²) in [6, 6.07) is 6.17. The van der Waals surface area contributed by atoms with Gasteiger partial charge < -0.3 is 9.84 Å². The number of fused-ring (bicyclic) bond motifs is 1. The molecule has 0 saturated carbocycles. The molecule has 0 aromatic heterocycles. The average Bonchev–Trinajstić information content (AvgIpc) is 2.46. The Hall–Kier alpha value is -1.02. The van der Waals surface area contributed by atoms with Crippen molar-refractivity contribution in [3.8, 4) is 5.75 Å². The molecule has 0 amide bonds. The van der Waals surface area contributed by atoms with E-state index in [4.69, 9.17) is 4.74 Å². The zero-order chi connectivity index (χ0) is 11.1. The molecule has 1 aliphatic rings. The van der Waals surface area contributed by atoms with Gasteiger partial charge >= 0.3 is 0 Å². The predicted octanol–water partition coefficient (Wildman–Crippen LogP) is 2.35. The first-order chi connectivity index (χ1) is 7.08. The van der Waals surface area contributed by atoms with Crippen LogP contribution in [-0.2, 0) is 6.42 Å². The lowest BCUT2D eigenvalue weighted by Gasteiger charge is -2.25. The standard InChI is InChI=1S/C13H18O2/c1-13(2)7-9-4-5-10(15-3)6-11(9)12(13)8-14/h4-6,12,14H,7-8H2,1-3H3. The maximum absolute atomic E-state index is 9.47. The van der Waals surface area contributed by atoms with Crippen LogP contribution in [0.15, 0.2) is 18.2 Å². The summed E-state index contributed by atoms with van der Waals surface area (Å²) >= 11 is 0. The van der Waals surface area contributed by atoms with Crippen molar-refractivity contribution in [1.82, 2.24) is 0 Å². The number of hydrogen-bond acceptors (Lipinski definition) is 2. The predicted molar refractivity (Wildman–Crippen MR) is 60.3 cm³/mol. The van der Waals surface area contributed by atoms with Crippen molar-refractivity contribution < 1.29 is 9.84 Å². The zero-order valence-electron chi connectivity index (χ0n) is 9.58. The summed E-state index contributed by atoms with van der Waals surface area (Å²) in [5.74, 6) is 1.12. The Morgan fingerprint density at radius 1 is 1.47 bits per heavy atom. The molecule has 0 spiro atoms. The van der Waals surface area contributed by atoms with Crippen molar-refractivity contribution in [2.24, 2.45) is 5.41 Å². The Balaban J connectivity index is 2.45. The summed E-state index contributed by atoms with van der Waals surface area (Å²) in [6.45, 7) is 4.63. The first-order valence-electron chi connectivity index (χ1n) is 5.36. The minimum Gasteiger partial charge on any atom is -0.497 e. The van der Waals surface area contributed by atoms with Gasteiger partial charge in [-0.2, -0.15) is 0 Å². The van der Waals surface area contributed by atoms with Gasteiger partial charge in [-0.25, -0.2) is 0 Å². The summed E-state index contributed by atoms with van der Waals surface area (Å²) in [5.41, 5.74) is 2.75. The molecule has 0 radical (unpaired) electrons. The Bertz CT molecular complexity index is 369. The summed E-state index contributed by atoms with van der Waals surface area (Å²) in [6.07, 6.45) is 1.04. The lowest BCUT2D eigenvalue weighted by molar-refractivity contribution is 0.187. The topological polar surface area (TPSA) is 29.5 Å². The van der Waals surface area contributed by atoms with Crippen LogP contribution in [0.3, 0.4) is 0 Å². The molecular weight excluding hydrogens is 188 g/mol. The Kier molecular flexibility index (Phi) is 2.47. The Morgan fingerprint density at radius 3 is 2.80 bits per heavy atom. The van der Waals surface area contributed by atoms with Gasteiger partial charge in [-0.05, 0) is 35.1 Å². The molecule has 1 aromatic carbocycles. The molecule has 82 valence electrons. The smallest absolute Gasteiger partial charge is 0.119 e. The molecule has 2 nitrogen and oxygen atoms in total. The highest BCUT2D eigenvalue weighted by Crippen LogP contribution is 2.47. The summed E-state index contributed by atoms with van der Waals surface area (Å²) in [5, 5.41) is 9.47. The third-order valence-corrected chi connectivity index (χ3v) is 3.50. The van der Waals surface area contributed by atoms with E-state index >= 15 is 0 Å². The van der Waals surface area contributed by atoms with E-state index in [-0.39, 0.29) is 17.9 Å². The van der Waals surface area contributed by atoms with Gasteiger partial charge in [0.15, 0.2) is 0 Å². The van der Waals surface area contributed by atoms with Gasteiger partial charge in [-0.15, -0.1) is 0 Å². The first kappa shape index (κ1) is 10.5. The van der Waals surface area contributed by atoms with Gasteiger partial charge in [0, 0.05) is 5.92 Å². The molecule has 1 N–H and O–H groups in total. The third-order valence-electron chi connectivity index (χ3n) is 3.50. The molecular formula is C13H18O2. The normalized spacial score (nSPS) is 22.5. The number of methoxy groups -OCH3 is 1. The highest BCUT2D eigenvalue weighted by atomic mass is 16.5. The fourth-order valence-corrected chi connectivity index (χ4v) is 2.57. The van der Waals surface area contributed by atoms with E-state index in [0.717, 1.165) is 12.2 Å². The SMILES string of the molecule is COc1ccc2c(c1)C(CO)C(C)(C)C2. The minimum absolute atomic E-state index is 0.156. The molecule has 0 saturated heterocycles. The van der Waals surface area contributed by atoms with Crippen LogP contribution in [0.5, 0.6) is 5.75 Å². The van der Waals surface area contributed by atoms with E-state index in [1.807, 2.05) is 6.07 Å². The summed E-state index contributed by atoms with van der Waals surface area (Å²) in [7, 11) is 1.68. The maximum Gasteiger partial charge on any atom is 0.119 e. The van der Waals surface area contributed by atoms with Crippen LogP contribution in [0, 0.1) is 5.41 Å². The van der Waals surface area contributed by atoms with Crippen molar-refractivity contribution in [3.63, 3.8) is 0 Å². The first-order valence-corrected chi connectivity index (χ1v) is 5.36. The van der Waals surface area contributed by atoms with Crippen molar-refractivity contribution in [2.75, 3.05) is 13.7 Å². The molecule has 1 atom stereocenters. The molecule has 1 aromatic rings. The van der Waals surface area contributed by atoms with Gasteiger partial charge in [0.2, 0.25) is 0 Å². The van der Waals surface area contributed by atoms with Gasteiger partial charge in [0.05, 0.1) is 13.7 Å². The number of aliphatic hydroxyl groups excluding tert-OH is 1. The fourth-order valence-electron chi connectivity index (χ4n) is 2.57. The lowest BCUT2D eigenvalue weighted by atomic mass is 9.80. The van der Waals surface area contributed by atoms with Gasteiger partial charge in [-0.1, -0.05) is 19.9 Å². The molecule has 1 aliphatic carbocycles. The second kappa shape index (κ2) is 3.53. The van der Waals surface area contributed by atoms with Gasteiger partial charge in [0.25, 0.3) is 0 Å². The summed E-state index contributed by atoms with van der Waals surface area (Å²) in [4.78, 5) is 0. The van der Waals surface area contributed by atoms with E-state index in [1.54, 1.807) is 7.11 Å². The van der Waals surface area contributed by atoms with Crippen LogP contribution in [0.4, 0.5) is 0 Å². The molecule has 2 heteroatoms. The zero-order valence-corrected chi connectivity index (χ0v) is 9.58. The quantitative estimate of drug-likeness (QED) is 0.805. The summed E-state index contributed by atoms with van der Waals surface area (Å²) < 4.78 is 5.22. The lowest BCUT2D eigenvalue weighted by Crippen LogP contribution is -2.20. The van der Waals surface area contributed by atoms with Crippen molar-refractivity contribution in [2.45, 2.75) is 26.2 Å². The largest absolute Gasteiger partial charge is 0.497 e. The molecule has 15 heavy (non-hydrogen) atoms. The van der Waals surface area contributed by atoms with Crippen LogP contribution in [0.1, 0.15) is 30.9 Å². The van der Waals surface area contributed by atoms with E-state index in [0.29, 0.717) is 0 Å². The van der Waals surface area contributed by atoms with E-state index in [2.05, 4.69) is 26.0 Å². The highest BCUT2D eigenvalue weighted by Gasteiger charge is 2.38. The third kappa shape index (κ3) is 1.63. The molecule has 1 unspecified atom stereocenters. The monoisotopic (exact) mass is 206 g/mol. The molecule has 0 aliphatic heterocycles. The van der Waals surface area contributed by atoms with Crippen molar-refractivity contribution in [3.05, 3.63) is 29.3 Å². The second-order valence-corrected chi connectivity index (χ2v) is 4.97. The van der Waals surface area contributed by atoms with Crippen LogP contribution < -0.4 is 4.74 Å². The minimum atomic E-state index is 0.156. The Morgan fingerprint density at radius 2 is 2.20 bits per heavy atom. The maximum atomic E-state index is 9.47. The highest BCUT2D eigenvalue weighted by molar-refractivity contribution is 5.43. The number of aliphatic hydroxyl groups is 1. The van der Waals surface area contributed by atoms with Crippen LogP contribution in [0.25, 0.3) is 0 Å². The number of rotatable bonds is 2. The van der Waals surface area contributed by atoms with E-state index in [1.165, 1.54) is 11.1 Å². The second-order valence-electron chi connectivity index (χ2n) is 4.97. The Labute approximate surface area is 90.9 Å². The van der Waals surface area contributed by atoms with Crippen LogP contribution in [0.2, 0.25) is 0 Å².